The van der Waals surface area contributed by atoms with Gasteiger partial charge in [0.25, 0.3) is 5.56 Å². The Morgan fingerprint density at radius 2 is 1.88 bits per heavy atom. The molecule has 2 rings (SSSR count). The fourth-order valence-corrected chi connectivity index (χ4v) is 2.61. The molecular formula is C18H25N5O2. The number of H-pyrrole nitrogens is 2. The third-order valence-corrected chi connectivity index (χ3v) is 4.12. The van der Waals surface area contributed by atoms with Gasteiger partial charge in [-0.05, 0) is 44.9 Å². The summed E-state index contributed by atoms with van der Waals surface area (Å²) in [5, 5.41) is 9.21. The minimum absolute atomic E-state index is 0.179. The summed E-state index contributed by atoms with van der Waals surface area (Å²) in [6.07, 6.45) is 2.20. The average molecular weight is 343 g/mol. The van der Waals surface area contributed by atoms with E-state index in [-0.39, 0.29) is 17.9 Å². The molecule has 1 heterocycles. The van der Waals surface area contributed by atoms with Crippen molar-refractivity contribution >= 4 is 17.8 Å². The number of aromatic nitrogens is 2. The van der Waals surface area contributed by atoms with E-state index in [1.807, 2.05) is 24.3 Å². The molecule has 1 aromatic heterocycles. The summed E-state index contributed by atoms with van der Waals surface area (Å²) < 4.78 is 0. The number of hydrazone groups is 1. The van der Waals surface area contributed by atoms with Crippen molar-refractivity contribution in [3.8, 4) is 0 Å². The van der Waals surface area contributed by atoms with E-state index in [4.69, 9.17) is 0 Å². The van der Waals surface area contributed by atoms with Crippen LogP contribution in [-0.4, -0.2) is 35.4 Å². The molecule has 0 aliphatic rings. The van der Waals surface area contributed by atoms with Crippen LogP contribution < -0.4 is 15.9 Å². The first-order valence-electron chi connectivity index (χ1n) is 8.48. The van der Waals surface area contributed by atoms with E-state index in [2.05, 4.69) is 39.5 Å². The number of hydrogen-bond donors (Lipinski definition) is 3. The second-order valence-corrected chi connectivity index (χ2v) is 5.74. The number of hydrogen-bond acceptors (Lipinski definition) is 4. The van der Waals surface area contributed by atoms with E-state index in [1.54, 1.807) is 13.1 Å². The molecule has 0 aliphatic heterocycles. The molecule has 0 bridgehead atoms. The minimum Gasteiger partial charge on any atom is -0.372 e. The van der Waals surface area contributed by atoms with Gasteiger partial charge in [0.1, 0.15) is 0 Å². The summed E-state index contributed by atoms with van der Waals surface area (Å²) in [6, 6.07) is 8.01. The predicted octanol–water partition coefficient (Wildman–Crippen LogP) is 1.94. The van der Waals surface area contributed by atoms with E-state index >= 15 is 0 Å². The summed E-state index contributed by atoms with van der Waals surface area (Å²) in [6.45, 7) is 7.96. The fraction of sp³-hybridized carbons (Fsp3) is 0.389. The molecule has 7 nitrogen and oxygen atoms in total. The van der Waals surface area contributed by atoms with Crippen LogP contribution in [0.5, 0.6) is 0 Å². The third-order valence-electron chi connectivity index (χ3n) is 4.12. The standard InChI is InChI=1S/C18H25N5O2/c1-4-23(5-2)15-8-6-14(7-9-15)12-19-21-17(24)11-10-16-13(3)20-22-18(16)25/h6-9,12H,4-5,10-11H2,1-3H3,(H,21,24)(H2,20,22,25). The number of rotatable bonds is 8. The SMILES string of the molecule is CCN(CC)c1ccc(C=NNC(=O)CCc2c(C)[nH][nH]c2=O)cc1. The summed E-state index contributed by atoms with van der Waals surface area (Å²) in [5.41, 5.74) is 5.75. The van der Waals surface area contributed by atoms with Crippen molar-refractivity contribution in [3.63, 3.8) is 0 Å². The molecule has 134 valence electrons. The second kappa shape index (κ2) is 8.86. The predicted molar refractivity (Wildman–Crippen MR) is 100 cm³/mol. The van der Waals surface area contributed by atoms with Crippen molar-refractivity contribution in [3.05, 3.63) is 51.4 Å². The van der Waals surface area contributed by atoms with Gasteiger partial charge >= 0.3 is 0 Å². The van der Waals surface area contributed by atoms with Gasteiger partial charge in [-0.25, -0.2) is 5.43 Å². The number of aryl methyl sites for hydroxylation is 1. The Morgan fingerprint density at radius 1 is 1.20 bits per heavy atom. The van der Waals surface area contributed by atoms with Crippen LogP contribution >= 0.6 is 0 Å². The smallest absolute Gasteiger partial charge is 0.267 e. The zero-order valence-corrected chi connectivity index (χ0v) is 14.9. The number of nitrogens with zero attached hydrogens (tertiary/aromatic N) is 2. The van der Waals surface area contributed by atoms with Gasteiger partial charge in [-0.15, -0.1) is 0 Å². The van der Waals surface area contributed by atoms with Crippen LogP contribution in [0.4, 0.5) is 5.69 Å². The molecule has 1 aromatic carbocycles. The Hall–Kier alpha value is -2.83. The van der Waals surface area contributed by atoms with Gasteiger partial charge in [-0.3, -0.25) is 14.7 Å². The molecule has 2 aromatic rings. The lowest BCUT2D eigenvalue weighted by molar-refractivity contribution is -0.121. The molecular weight excluding hydrogens is 318 g/mol. The highest BCUT2D eigenvalue weighted by Crippen LogP contribution is 2.13. The molecule has 3 N–H and O–H groups in total. The van der Waals surface area contributed by atoms with E-state index in [0.29, 0.717) is 12.0 Å². The number of carbonyl (C=O) groups is 1. The first kappa shape index (κ1) is 18.5. The van der Waals surface area contributed by atoms with Crippen LogP contribution in [0.3, 0.4) is 0 Å². The lowest BCUT2D eigenvalue weighted by Gasteiger charge is -2.20. The van der Waals surface area contributed by atoms with Gasteiger partial charge in [-0.2, -0.15) is 5.10 Å². The van der Waals surface area contributed by atoms with Crippen molar-refractivity contribution in [1.82, 2.24) is 15.6 Å². The zero-order valence-electron chi connectivity index (χ0n) is 14.9. The lowest BCUT2D eigenvalue weighted by Crippen LogP contribution is -2.21. The van der Waals surface area contributed by atoms with E-state index in [9.17, 15) is 9.59 Å². The highest BCUT2D eigenvalue weighted by Gasteiger charge is 2.08. The van der Waals surface area contributed by atoms with Crippen molar-refractivity contribution < 1.29 is 4.79 Å². The monoisotopic (exact) mass is 343 g/mol. The normalized spacial score (nSPS) is 11.0. The molecule has 0 atom stereocenters. The van der Waals surface area contributed by atoms with Crippen molar-refractivity contribution in [2.75, 3.05) is 18.0 Å². The molecule has 0 spiro atoms. The zero-order chi connectivity index (χ0) is 18.2. The van der Waals surface area contributed by atoms with E-state index < -0.39 is 0 Å². The van der Waals surface area contributed by atoms with Crippen LogP contribution in [0.25, 0.3) is 0 Å². The Kier molecular flexibility index (Phi) is 6.56. The number of anilines is 1. The topological polar surface area (TPSA) is 93.3 Å². The molecule has 0 radical (unpaired) electrons. The Labute approximate surface area is 147 Å². The van der Waals surface area contributed by atoms with Gasteiger partial charge in [-0.1, -0.05) is 12.1 Å². The highest BCUT2D eigenvalue weighted by molar-refractivity contribution is 5.83. The highest BCUT2D eigenvalue weighted by atomic mass is 16.2. The van der Waals surface area contributed by atoms with Crippen molar-refractivity contribution in [2.24, 2.45) is 5.10 Å². The minimum atomic E-state index is -0.226. The molecule has 25 heavy (non-hydrogen) atoms. The Balaban J connectivity index is 1.84. The molecule has 1 amide bonds. The first-order valence-corrected chi connectivity index (χ1v) is 8.48. The van der Waals surface area contributed by atoms with Gasteiger partial charge in [0, 0.05) is 36.5 Å². The molecule has 0 fully saturated rings. The summed E-state index contributed by atoms with van der Waals surface area (Å²) in [4.78, 5) is 25.6. The molecule has 0 saturated heterocycles. The van der Waals surface area contributed by atoms with Gasteiger partial charge < -0.3 is 10.00 Å². The van der Waals surface area contributed by atoms with Gasteiger partial charge in [0.2, 0.25) is 5.91 Å². The first-order chi connectivity index (χ1) is 12.0. The van der Waals surface area contributed by atoms with Crippen LogP contribution in [0, 0.1) is 6.92 Å². The molecule has 7 heteroatoms. The maximum atomic E-state index is 11.8. The summed E-state index contributed by atoms with van der Waals surface area (Å²) in [5.74, 6) is -0.226. The Bertz CT molecular complexity index is 770. The number of aromatic amines is 2. The van der Waals surface area contributed by atoms with Gasteiger partial charge in [0.05, 0.1) is 6.21 Å². The number of amides is 1. The number of benzene rings is 1. The third kappa shape index (κ3) is 5.07. The molecule has 0 aliphatic carbocycles. The van der Waals surface area contributed by atoms with E-state index in [0.717, 1.165) is 24.3 Å². The quantitative estimate of drug-likeness (QED) is 0.505. The maximum Gasteiger partial charge on any atom is 0.267 e. The fourth-order valence-electron chi connectivity index (χ4n) is 2.61. The Morgan fingerprint density at radius 3 is 2.44 bits per heavy atom. The summed E-state index contributed by atoms with van der Waals surface area (Å²) >= 11 is 0. The average Bonchev–Trinajstić information content (AvgIpc) is 2.93. The number of nitrogens with one attached hydrogen (secondary N) is 3. The van der Waals surface area contributed by atoms with Crippen LogP contribution in [0.1, 0.15) is 37.1 Å². The van der Waals surface area contributed by atoms with Crippen LogP contribution in [0.2, 0.25) is 0 Å². The van der Waals surface area contributed by atoms with Gasteiger partial charge in [0.15, 0.2) is 0 Å². The lowest BCUT2D eigenvalue weighted by atomic mass is 10.1. The molecule has 0 unspecified atom stereocenters. The maximum absolute atomic E-state index is 11.8. The number of carbonyl (C=O) groups excluding carboxylic acids is 1. The van der Waals surface area contributed by atoms with E-state index in [1.165, 1.54) is 5.69 Å². The molecule has 0 saturated carbocycles. The van der Waals surface area contributed by atoms with Crippen molar-refractivity contribution in [1.29, 1.82) is 0 Å². The van der Waals surface area contributed by atoms with Crippen LogP contribution in [-0.2, 0) is 11.2 Å². The second-order valence-electron chi connectivity index (χ2n) is 5.74. The van der Waals surface area contributed by atoms with Crippen molar-refractivity contribution in [2.45, 2.75) is 33.6 Å². The van der Waals surface area contributed by atoms with Crippen LogP contribution in [0.15, 0.2) is 34.2 Å². The largest absolute Gasteiger partial charge is 0.372 e. The summed E-state index contributed by atoms with van der Waals surface area (Å²) in [7, 11) is 0.